The van der Waals surface area contributed by atoms with Crippen molar-refractivity contribution in [1.82, 2.24) is 15.3 Å². The Kier molecular flexibility index (Phi) is 9.33. The SMILES string of the molecule is Cc1ccccn1.FCCCN[C@@H](c1cc(F)cc(C(F)(F)F)c1)c1ccc(Cl)cn1. The number of pyridine rings is 2. The number of benzene rings is 1. The predicted molar refractivity (Wildman–Crippen MR) is 110 cm³/mol. The van der Waals surface area contributed by atoms with Gasteiger partial charge >= 0.3 is 6.18 Å². The van der Waals surface area contributed by atoms with Crippen molar-refractivity contribution in [2.45, 2.75) is 25.6 Å². The molecule has 31 heavy (non-hydrogen) atoms. The standard InChI is InChI=1S/C16H14ClF5N2.C6H7N/c17-12-2-3-14(24-9-12)15(23-5-1-4-18)10-6-11(16(20,21)22)8-13(19)7-10;1-6-4-2-3-5-7-6/h2-3,6-9,15,23H,1,4-5H2;2-5H,1H3/t15-;/m0./s1. The van der Waals surface area contributed by atoms with Crippen LogP contribution in [0.15, 0.2) is 60.9 Å². The summed E-state index contributed by atoms with van der Waals surface area (Å²) in [5.41, 5.74) is 0.388. The Labute approximate surface area is 182 Å². The van der Waals surface area contributed by atoms with Crippen LogP contribution < -0.4 is 5.32 Å². The van der Waals surface area contributed by atoms with E-state index in [1.807, 2.05) is 25.1 Å². The van der Waals surface area contributed by atoms with Gasteiger partial charge in [0.1, 0.15) is 5.82 Å². The van der Waals surface area contributed by atoms with Gasteiger partial charge in [0.15, 0.2) is 0 Å². The molecule has 3 nitrogen and oxygen atoms in total. The number of aromatic nitrogens is 2. The summed E-state index contributed by atoms with van der Waals surface area (Å²) in [6.45, 7) is 1.59. The maximum Gasteiger partial charge on any atom is 0.416 e. The highest BCUT2D eigenvalue weighted by Crippen LogP contribution is 2.33. The van der Waals surface area contributed by atoms with Crippen LogP contribution in [-0.2, 0) is 6.18 Å². The molecular weight excluding hydrogens is 437 g/mol. The van der Waals surface area contributed by atoms with Gasteiger partial charge in [0.2, 0.25) is 0 Å². The summed E-state index contributed by atoms with van der Waals surface area (Å²) < 4.78 is 64.7. The lowest BCUT2D eigenvalue weighted by molar-refractivity contribution is -0.137. The molecule has 0 saturated heterocycles. The molecular formula is C22H21ClF5N3. The van der Waals surface area contributed by atoms with Gasteiger partial charge in [-0.25, -0.2) is 4.39 Å². The first-order chi connectivity index (χ1) is 14.7. The van der Waals surface area contributed by atoms with Gasteiger partial charge in [0, 0.05) is 18.1 Å². The van der Waals surface area contributed by atoms with Crippen molar-refractivity contribution in [3.63, 3.8) is 0 Å². The van der Waals surface area contributed by atoms with Gasteiger partial charge in [-0.2, -0.15) is 13.2 Å². The quantitative estimate of drug-likeness (QED) is 0.347. The lowest BCUT2D eigenvalue weighted by Gasteiger charge is -2.20. The van der Waals surface area contributed by atoms with Crippen LogP contribution in [0.3, 0.4) is 0 Å². The first-order valence-electron chi connectivity index (χ1n) is 9.37. The van der Waals surface area contributed by atoms with Crippen LogP contribution in [0.5, 0.6) is 0 Å². The van der Waals surface area contributed by atoms with Crippen molar-refractivity contribution >= 4 is 11.6 Å². The third-order valence-electron chi connectivity index (χ3n) is 4.10. The van der Waals surface area contributed by atoms with E-state index in [-0.39, 0.29) is 18.5 Å². The van der Waals surface area contributed by atoms with Crippen LogP contribution in [0.1, 0.15) is 35.0 Å². The lowest BCUT2D eigenvalue weighted by atomic mass is 10.00. The Balaban J connectivity index is 0.000000412. The molecule has 0 fully saturated rings. The van der Waals surface area contributed by atoms with Gasteiger partial charge in [-0.1, -0.05) is 17.7 Å². The molecule has 1 atom stereocenters. The van der Waals surface area contributed by atoms with E-state index in [9.17, 15) is 22.0 Å². The summed E-state index contributed by atoms with van der Waals surface area (Å²) in [7, 11) is 0. The minimum Gasteiger partial charge on any atom is -0.305 e. The molecule has 3 rings (SSSR count). The number of nitrogens with zero attached hydrogens (tertiary/aromatic N) is 2. The smallest absolute Gasteiger partial charge is 0.305 e. The maximum absolute atomic E-state index is 13.7. The molecule has 0 spiro atoms. The van der Waals surface area contributed by atoms with Gasteiger partial charge in [-0.15, -0.1) is 0 Å². The minimum atomic E-state index is -4.67. The molecule has 1 N–H and O–H groups in total. The summed E-state index contributed by atoms with van der Waals surface area (Å²) in [6, 6.07) is 10.4. The highest BCUT2D eigenvalue weighted by molar-refractivity contribution is 6.30. The summed E-state index contributed by atoms with van der Waals surface area (Å²) in [4.78, 5) is 8.04. The molecule has 0 bridgehead atoms. The molecule has 0 aliphatic carbocycles. The van der Waals surface area contributed by atoms with Crippen molar-refractivity contribution < 1.29 is 22.0 Å². The first-order valence-corrected chi connectivity index (χ1v) is 9.74. The zero-order valence-corrected chi connectivity index (χ0v) is 17.4. The van der Waals surface area contributed by atoms with Gasteiger partial charge in [0.05, 0.1) is 29.0 Å². The number of halogens is 6. The molecule has 0 aliphatic rings. The second-order valence-corrected chi connectivity index (χ2v) is 7.01. The summed E-state index contributed by atoms with van der Waals surface area (Å²) in [6.07, 6.45) is -1.38. The molecule has 0 unspecified atom stereocenters. The number of aryl methyl sites for hydroxylation is 1. The molecule has 3 aromatic rings. The number of nitrogens with one attached hydrogen (secondary N) is 1. The molecule has 9 heteroatoms. The van der Waals surface area contributed by atoms with Crippen LogP contribution in [0.2, 0.25) is 5.02 Å². The summed E-state index contributed by atoms with van der Waals surface area (Å²) in [5, 5.41) is 3.26. The number of hydrogen-bond acceptors (Lipinski definition) is 3. The van der Waals surface area contributed by atoms with Gasteiger partial charge < -0.3 is 5.32 Å². The Bertz CT molecular complexity index is 934. The number of rotatable bonds is 6. The largest absolute Gasteiger partial charge is 0.416 e. The van der Waals surface area contributed by atoms with Crippen molar-refractivity contribution in [2.24, 2.45) is 0 Å². The average Bonchev–Trinajstić information content (AvgIpc) is 2.72. The molecule has 0 saturated carbocycles. The van der Waals surface area contributed by atoms with Crippen LogP contribution in [-0.4, -0.2) is 23.2 Å². The van der Waals surface area contributed by atoms with Crippen LogP contribution in [0.4, 0.5) is 22.0 Å². The number of hydrogen-bond donors (Lipinski definition) is 1. The fraction of sp³-hybridized carbons (Fsp3) is 0.273. The summed E-state index contributed by atoms with van der Waals surface area (Å²) >= 11 is 5.76. The third kappa shape index (κ3) is 8.22. The third-order valence-corrected chi connectivity index (χ3v) is 4.32. The van der Waals surface area contributed by atoms with Crippen LogP contribution in [0, 0.1) is 12.7 Å². The normalized spacial score (nSPS) is 12.1. The molecule has 166 valence electrons. The Morgan fingerprint density at radius 2 is 1.84 bits per heavy atom. The van der Waals surface area contributed by atoms with E-state index in [1.54, 1.807) is 6.20 Å². The molecule has 2 aromatic heterocycles. The lowest BCUT2D eigenvalue weighted by Crippen LogP contribution is -2.25. The Morgan fingerprint density at radius 3 is 2.35 bits per heavy atom. The fourth-order valence-electron chi connectivity index (χ4n) is 2.66. The minimum absolute atomic E-state index is 0.0519. The molecule has 1 aromatic carbocycles. The molecule has 2 heterocycles. The topological polar surface area (TPSA) is 37.8 Å². The maximum atomic E-state index is 13.7. The van der Waals surface area contributed by atoms with E-state index < -0.39 is 30.3 Å². The van der Waals surface area contributed by atoms with E-state index in [4.69, 9.17) is 11.6 Å². The van der Waals surface area contributed by atoms with Crippen LogP contribution in [0.25, 0.3) is 0 Å². The predicted octanol–water partition coefficient (Wildman–Crippen LogP) is 6.32. The van der Waals surface area contributed by atoms with E-state index in [1.165, 1.54) is 18.3 Å². The number of alkyl halides is 4. The first kappa shape index (κ1) is 24.7. The van der Waals surface area contributed by atoms with Gasteiger partial charge in [0.25, 0.3) is 0 Å². The van der Waals surface area contributed by atoms with Crippen molar-refractivity contribution in [3.8, 4) is 0 Å². The van der Waals surface area contributed by atoms with Gasteiger partial charge in [-0.3, -0.25) is 14.4 Å². The Hall–Kier alpha value is -2.58. The van der Waals surface area contributed by atoms with E-state index in [0.29, 0.717) is 16.8 Å². The fourth-order valence-corrected chi connectivity index (χ4v) is 2.77. The van der Waals surface area contributed by atoms with Crippen molar-refractivity contribution in [1.29, 1.82) is 0 Å². The highest BCUT2D eigenvalue weighted by atomic mass is 35.5. The van der Waals surface area contributed by atoms with Crippen molar-refractivity contribution in [2.75, 3.05) is 13.2 Å². The van der Waals surface area contributed by atoms with E-state index >= 15 is 0 Å². The second-order valence-electron chi connectivity index (χ2n) is 6.57. The van der Waals surface area contributed by atoms with Crippen LogP contribution >= 0.6 is 11.6 Å². The average molecular weight is 458 g/mol. The molecule has 0 radical (unpaired) electrons. The van der Waals surface area contributed by atoms with Crippen molar-refractivity contribution in [3.05, 3.63) is 94.3 Å². The molecule has 0 aliphatic heterocycles. The zero-order chi connectivity index (χ0) is 22.9. The Morgan fingerprint density at radius 1 is 1.06 bits per heavy atom. The monoisotopic (exact) mass is 457 g/mol. The van der Waals surface area contributed by atoms with E-state index in [0.717, 1.165) is 17.8 Å². The highest BCUT2D eigenvalue weighted by Gasteiger charge is 2.32. The summed E-state index contributed by atoms with van der Waals surface area (Å²) in [5.74, 6) is -1.01. The van der Waals surface area contributed by atoms with E-state index in [2.05, 4.69) is 15.3 Å². The van der Waals surface area contributed by atoms with Gasteiger partial charge in [-0.05, 0) is 67.9 Å². The zero-order valence-electron chi connectivity index (χ0n) is 16.6. The second kappa shape index (κ2) is 11.7. The molecule has 0 amide bonds.